The van der Waals surface area contributed by atoms with Gasteiger partial charge in [-0.1, -0.05) is 0 Å². The van der Waals surface area contributed by atoms with Gasteiger partial charge in [-0.15, -0.1) is 0 Å². The fourth-order valence-electron chi connectivity index (χ4n) is 3.28. The van der Waals surface area contributed by atoms with E-state index >= 15 is 0 Å². The number of aromatic hydroxyl groups is 1. The van der Waals surface area contributed by atoms with Gasteiger partial charge < -0.3 is 10.0 Å². The normalized spacial score (nSPS) is 17.5. The molecule has 0 spiro atoms. The third-order valence-electron chi connectivity index (χ3n) is 4.40. The summed E-state index contributed by atoms with van der Waals surface area (Å²) >= 11 is 0. The SMILES string of the molecule is O=Cc1cnn2ccc(N3CCCC3c3cc(F)ccc3O)nc12. The molecule has 1 unspecified atom stereocenters. The highest BCUT2D eigenvalue weighted by Gasteiger charge is 2.29. The fourth-order valence-corrected chi connectivity index (χ4v) is 3.28. The van der Waals surface area contributed by atoms with Crippen LogP contribution in [-0.2, 0) is 0 Å². The first-order chi connectivity index (χ1) is 11.7. The van der Waals surface area contributed by atoms with E-state index in [0.717, 1.165) is 25.7 Å². The number of halogens is 1. The maximum Gasteiger partial charge on any atom is 0.167 e. The molecule has 0 saturated carbocycles. The number of carbonyl (C=O) groups excluding carboxylic acids is 1. The Morgan fingerprint density at radius 1 is 1.33 bits per heavy atom. The summed E-state index contributed by atoms with van der Waals surface area (Å²) in [5.41, 5.74) is 1.45. The topological polar surface area (TPSA) is 70.7 Å². The Balaban J connectivity index is 1.77. The minimum atomic E-state index is -0.378. The minimum absolute atomic E-state index is 0.0762. The number of hydrogen-bond acceptors (Lipinski definition) is 5. The molecule has 1 saturated heterocycles. The second-order valence-electron chi connectivity index (χ2n) is 5.83. The predicted octanol–water partition coefficient (Wildman–Crippen LogP) is 2.73. The van der Waals surface area contributed by atoms with Crippen LogP contribution in [0.1, 0.15) is 34.8 Å². The standard InChI is InChI=1S/C17H15FN4O2/c18-12-3-4-15(24)13(8-12)14-2-1-6-21(14)16-5-7-22-17(20-16)11(10-23)9-19-22/h3-5,7-10,14,24H,1-2,6H2. The van der Waals surface area contributed by atoms with Crippen molar-refractivity contribution in [3.05, 3.63) is 53.6 Å². The summed E-state index contributed by atoms with van der Waals surface area (Å²) in [4.78, 5) is 17.7. The Morgan fingerprint density at radius 3 is 3.04 bits per heavy atom. The fraction of sp³-hybridized carbons (Fsp3) is 0.235. The van der Waals surface area contributed by atoms with Gasteiger partial charge >= 0.3 is 0 Å². The predicted molar refractivity (Wildman–Crippen MR) is 85.8 cm³/mol. The Bertz CT molecular complexity index is 924. The van der Waals surface area contributed by atoms with Gasteiger partial charge in [-0.3, -0.25) is 4.79 Å². The quantitative estimate of drug-likeness (QED) is 0.749. The van der Waals surface area contributed by atoms with Gasteiger partial charge in [0.05, 0.1) is 17.8 Å². The van der Waals surface area contributed by atoms with Crippen LogP contribution in [-0.4, -0.2) is 32.5 Å². The number of nitrogens with zero attached hydrogens (tertiary/aromatic N) is 4. The molecule has 1 aromatic carbocycles. The van der Waals surface area contributed by atoms with E-state index in [1.807, 2.05) is 11.0 Å². The molecule has 1 aliphatic rings. The van der Waals surface area contributed by atoms with Crippen LogP contribution in [0.25, 0.3) is 5.65 Å². The zero-order valence-electron chi connectivity index (χ0n) is 12.8. The van der Waals surface area contributed by atoms with E-state index in [4.69, 9.17) is 0 Å². The van der Waals surface area contributed by atoms with Crippen LogP contribution in [0.3, 0.4) is 0 Å². The summed E-state index contributed by atoms with van der Waals surface area (Å²) < 4.78 is 15.1. The van der Waals surface area contributed by atoms with E-state index in [2.05, 4.69) is 10.1 Å². The molecule has 1 aliphatic heterocycles. The summed E-state index contributed by atoms with van der Waals surface area (Å²) in [6, 6.07) is 5.64. The minimum Gasteiger partial charge on any atom is -0.508 e. The zero-order chi connectivity index (χ0) is 16.7. The molecule has 1 fully saturated rings. The first-order valence-electron chi connectivity index (χ1n) is 7.72. The molecular weight excluding hydrogens is 311 g/mol. The molecule has 24 heavy (non-hydrogen) atoms. The third-order valence-corrected chi connectivity index (χ3v) is 4.40. The van der Waals surface area contributed by atoms with E-state index in [-0.39, 0.29) is 17.6 Å². The second kappa shape index (κ2) is 5.59. The number of anilines is 1. The van der Waals surface area contributed by atoms with Crippen LogP contribution in [0.5, 0.6) is 5.75 Å². The second-order valence-corrected chi connectivity index (χ2v) is 5.83. The molecule has 2 aromatic heterocycles. The lowest BCUT2D eigenvalue weighted by molar-refractivity contribution is 0.112. The van der Waals surface area contributed by atoms with E-state index in [1.165, 1.54) is 28.9 Å². The van der Waals surface area contributed by atoms with Gasteiger partial charge in [0.25, 0.3) is 0 Å². The molecule has 1 N–H and O–H groups in total. The van der Waals surface area contributed by atoms with Crippen LogP contribution >= 0.6 is 0 Å². The number of rotatable bonds is 3. The summed E-state index contributed by atoms with van der Waals surface area (Å²) in [5, 5.41) is 14.2. The maximum atomic E-state index is 13.6. The number of phenols is 1. The molecule has 4 rings (SSSR count). The van der Waals surface area contributed by atoms with Crippen molar-refractivity contribution < 1.29 is 14.3 Å². The average Bonchev–Trinajstić information content (AvgIpc) is 3.22. The van der Waals surface area contributed by atoms with Crippen molar-refractivity contribution in [2.75, 3.05) is 11.4 Å². The van der Waals surface area contributed by atoms with Crippen molar-refractivity contribution in [3.8, 4) is 5.75 Å². The highest BCUT2D eigenvalue weighted by Crippen LogP contribution is 2.39. The first kappa shape index (κ1) is 14.6. The number of fused-ring (bicyclic) bond motifs is 1. The largest absolute Gasteiger partial charge is 0.508 e. The van der Waals surface area contributed by atoms with E-state index < -0.39 is 0 Å². The van der Waals surface area contributed by atoms with Crippen molar-refractivity contribution in [2.45, 2.75) is 18.9 Å². The molecule has 3 heterocycles. The monoisotopic (exact) mass is 326 g/mol. The molecular formula is C17H15FN4O2. The van der Waals surface area contributed by atoms with Crippen molar-refractivity contribution in [3.63, 3.8) is 0 Å². The Labute approximate surface area is 137 Å². The lowest BCUT2D eigenvalue weighted by Crippen LogP contribution is -2.24. The Kier molecular flexibility index (Phi) is 3.41. The Morgan fingerprint density at radius 2 is 2.21 bits per heavy atom. The highest BCUT2D eigenvalue weighted by atomic mass is 19.1. The lowest BCUT2D eigenvalue weighted by atomic mass is 10.0. The van der Waals surface area contributed by atoms with E-state index in [1.54, 1.807) is 6.20 Å². The van der Waals surface area contributed by atoms with Crippen molar-refractivity contribution in [1.29, 1.82) is 0 Å². The third kappa shape index (κ3) is 2.29. The van der Waals surface area contributed by atoms with Crippen LogP contribution in [0.15, 0.2) is 36.7 Å². The summed E-state index contributed by atoms with van der Waals surface area (Å²) in [7, 11) is 0. The van der Waals surface area contributed by atoms with Gasteiger partial charge in [0.15, 0.2) is 11.9 Å². The van der Waals surface area contributed by atoms with Gasteiger partial charge in [0, 0.05) is 18.3 Å². The van der Waals surface area contributed by atoms with Gasteiger partial charge in [-0.05, 0) is 37.1 Å². The summed E-state index contributed by atoms with van der Waals surface area (Å²) in [6.07, 6.45) is 5.64. The van der Waals surface area contributed by atoms with Gasteiger partial charge in [-0.2, -0.15) is 5.10 Å². The number of carbonyl (C=O) groups is 1. The molecule has 0 bridgehead atoms. The average molecular weight is 326 g/mol. The van der Waals surface area contributed by atoms with Gasteiger partial charge in [-0.25, -0.2) is 13.9 Å². The summed E-state index contributed by atoms with van der Waals surface area (Å²) in [5.74, 6) is 0.377. The molecule has 0 radical (unpaired) electrons. The molecule has 3 aromatic rings. The molecule has 1 atom stereocenters. The van der Waals surface area contributed by atoms with Crippen molar-refractivity contribution >= 4 is 17.8 Å². The lowest BCUT2D eigenvalue weighted by Gasteiger charge is -2.26. The van der Waals surface area contributed by atoms with Crippen LogP contribution < -0.4 is 4.90 Å². The van der Waals surface area contributed by atoms with Crippen LogP contribution in [0.2, 0.25) is 0 Å². The Hall–Kier alpha value is -2.96. The molecule has 0 aliphatic carbocycles. The van der Waals surface area contributed by atoms with Gasteiger partial charge in [0.2, 0.25) is 0 Å². The maximum absolute atomic E-state index is 13.6. The molecule has 7 heteroatoms. The number of benzene rings is 1. The summed E-state index contributed by atoms with van der Waals surface area (Å²) in [6.45, 7) is 0.744. The first-order valence-corrected chi connectivity index (χ1v) is 7.72. The molecule has 122 valence electrons. The highest BCUT2D eigenvalue weighted by molar-refractivity contribution is 5.84. The van der Waals surface area contributed by atoms with E-state index in [0.29, 0.717) is 22.6 Å². The zero-order valence-corrected chi connectivity index (χ0v) is 12.8. The van der Waals surface area contributed by atoms with Crippen molar-refractivity contribution in [2.24, 2.45) is 0 Å². The van der Waals surface area contributed by atoms with Crippen LogP contribution in [0, 0.1) is 5.82 Å². The number of aromatic nitrogens is 3. The number of phenolic OH excluding ortho intramolecular Hbond substituents is 1. The number of hydrogen-bond donors (Lipinski definition) is 1. The van der Waals surface area contributed by atoms with E-state index in [9.17, 15) is 14.3 Å². The molecule has 6 nitrogen and oxygen atoms in total. The van der Waals surface area contributed by atoms with Crippen molar-refractivity contribution in [1.82, 2.24) is 14.6 Å². The smallest absolute Gasteiger partial charge is 0.167 e. The number of aldehydes is 1. The molecule has 0 amide bonds. The van der Waals surface area contributed by atoms with Crippen LogP contribution in [0.4, 0.5) is 10.2 Å². The van der Waals surface area contributed by atoms with Gasteiger partial charge in [0.1, 0.15) is 17.4 Å².